The van der Waals surface area contributed by atoms with Crippen LogP contribution in [0, 0.1) is 5.92 Å². The van der Waals surface area contributed by atoms with Crippen molar-refractivity contribution in [3.8, 4) is 0 Å². The largest absolute Gasteiger partial charge is 0.466 e. The van der Waals surface area contributed by atoms with Gasteiger partial charge in [0.15, 0.2) is 11.6 Å². The van der Waals surface area contributed by atoms with E-state index in [2.05, 4.69) is 0 Å². The zero-order chi connectivity index (χ0) is 15.4. The van der Waals surface area contributed by atoms with E-state index in [-0.39, 0.29) is 42.6 Å². The highest BCUT2D eigenvalue weighted by Gasteiger charge is 2.37. The third-order valence-corrected chi connectivity index (χ3v) is 3.53. The van der Waals surface area contributed by atoms with Crippen molar-refractivity contribution in [1.29, 1.82) is 0 Å². The van der Waals surface area contributed by atoms with E-state index < -0.39 is 11.9 Å². The van der Waals surface area contributed by atoms with Crippen molar-refractivity contribution in [1.82, 2.24) is 5.06 Å². The van der Waals surface area contributed by atoms with E-state index in [4.69, 9.17) is 9.57 Å². The van der Waals surface area contributed by atoms with Gasteiger partial charge in [-0.25, -0.2) is 0 Å². The molecule has 0 spiro atoms. The van der Waals surface area contributed by atoms with Gasteiger partial charge in [0.2, 0.25) is 0 Å². The number of carbonyl (C=O) groups is 3. The minimum Gasteiger partial charge on any atom is -0.466 e. The van der Waals surface area contributed by atoms with Gasteiger partial charge < -0.3 is 4.74 Å². The predicted molar refractivity (Wildman–Crippen MR) is 73.9 cm³/mol. The maximum absolute atomic E-state index is 12.1. The highest BCUT2D eigenvalue weighted by atomic mass is 16.7. The maximum atomic E-state index is 12.1. The number of ether oxygens (including phenoxy) is 1. The van der Waals surface area contributed by atoms with Gasteiger partial charge in [0.05, 0.1) is 30.7 Å². The van der Waals surface area contributed by atoms with Gasteiger partial charge in [-0.1, -0.05) is 0 Å². The molecule has 2 fully saturated rings. The Kier molecular flexibility index (Phi) is 5.12. The summed E-state index contributed by atoms with van der Waals surface area (Å²) in [6.07, 6.45) is 3.56. The SMILES string of the molecule is CCOC(=O)C1CC(=O)C(=CN(OCC)C2CC2)C(=O)C1. The van der Waals surface area contributed by atoms with Crippen LogP contribution in [0.4, 0.5) is 0 Å². The molecule has 0 aromatic rings. The predicted octanol–water partition coefficient (Wildman–Crippen LogP) is 1.40. The van der Waals surface area contributed by atoms with Crippen LogP contribution in [0.25, 0.3) is 0 Å². The number of Topliss-reactive ketones (excluding diaryl/α,β-unsaturated/α-hetero) is 2. The molecule has 0 aliphatic heterocycles. The van der Waals surface area contributed by atoms with Crippen molar-refractivity contribution in [2.75, 3.05) is 13.2 Å². The minimum atomic E-state index is -0.649. The van der Waals surface area contributed by atoms with Crippen molar-refractivity contribution in [2.24, 2.45) is 5.92 Å². The molecule has 6 nitrogen and oxygen atoms in total. The summed E-state index contributed by atoms with van der Waals surface area (Å²) < 4.78 is 4.88. The van der Waals surface area contributed by atoms with E-state index in [0.29, 0.717) is 6.61 Å². The topological polar surface area (TPSA) is 72.9 Å². The standard InChI is InChI=1S/C15H21NO5/c1-3-20-15(19)10-7-13(17)12(14(18)8-10)9-16(21-4-2)11-5-6-11/h9-11H,3-8H2,1-2H3. The molecule has 0 amide bonds. The lowest BCUT2D eigenvalue weighted by Crippen LogP contribution is -2.33. The van der Waals surface area contributed by atoms with Crippen LogP contribution < -0.4 is 0 Å². The van der Waals surface area contributed by atoms with Crippen LogP contribution in [0.5, 0.6) is 0 Å². The molecule has 116 valence electrons. The number of hydrogen-bond donors (Lipinski definition) is 0. The molecule has 0 heterocycles. The molecule has 0 bridgehead atoms. The number of rotatable bonds is 6. The zero-order valence-corrected chi connectivity index (χ0v) is 12.5. The quantitative estimate of drug-likeness (QED) is 0.319. The summed E-state index contributed by atoms with van der Waals surface area (Å²) in [4.78, 5) is 41.4. The van der Waals surface area contributed by atoms with E-state index in [1.165, 1.54) is 6.20 Å². The molecule has 0 atom stereocenters. The molecule has 2 aliphatic rings. The van der Waals surface area contributed by atoms with E-state index in [9.17, 15) is 14.4 Å². The van der Waals surface area contributed by atoms with Crippen molar-refractivity contribution in [3.63, 3.8) is 0 Å². The first-order chi connectivity index (χ1) is 10.1. The maximum Gasteiger partial charge on any atom is 0.309 e. The molecule has 0 saturated heterocycles. The summed E-state index contributed by atoms with van der Waals surface area (Å²) in [5.74, 6) is -1.74. The van der Waals surface area contributed by atoms with E-state index in [1.807, 2.05) is 6.92 Å². The Bertz CT molecular complexity index is 447. The Hall–Kier alpha value is -1.69. The third kappa shape index (κ3) is 3.91. The smallest absolute Gasteiger partial charge is 0.309 e. The Balaban J connectivity index is 2.07. The van der Waals surface area contributed by atoms with Crippen LogP contribution >= 0.6 is 0 Å². The van der Waals surface area contributed by atoms with Crippen molar-refractivity contribution in [2.45, 2.75) is 45.6 Å². The lowest BCUT2D eigenvalue weighted by atomic mass is 9.84. The normalized spacial score (nSPS) is 22.2. The molecule has 2 saturated carbocycles. The van der Waals surface area contributed by atoms with Crippen molar-refractivity contribution in [3.05, 3.63) is 11.8 Å². The number of esters is 1. The van der Waals surface area contributed by atoms with Gasteiger partial charge in [-0.15, -0.1) is 0 Å². The number of hydrogen-bond acceptors (Lipinski definition) is 6. The van der Waals surface area contributed by atoms with Gasteiger partial charge in [-0.3, -0.25) is 24.3 Å². The second-order valence-corrected chi connectivity index (χ2v) is 5.26. The Morgan fingerprint density at radius 3 is 2.29 bits per heavy atom. The van der Waals surface area contributed by atoms with Crippen molar-refractivity contribution >= 4 is 17.5 Å². The number of hydroxylamine groups is 2. The summed E-state index contributed by atoms with van der Waals surface area (Å²) in [6.45, 7) is 4.29. The fraction of sp³-hybridized carbons (Fsp3) is 0.667. The number of allylic oxidation sites excluding steroid dienone is 1. The highest BCUT2D eigenvalue weighted by Crippen LogP contribution is 2.30. The third-order valence-electron chi connectivity index (χ3n) is 3.53. The van der Waals surface area contributed by atoms with Gasteiger partial charge in [-0.05, 0) is 26.7 Å². The first-order valence-electron chi connectivity index (χ1n) is 7.42. The minimum absolute atomic E-state index is 0.0288. The molecule has 0 aromatic carbocycles. The summed E-state index contributed by atoms with van der Waals surface area (Å²) in [7, 11) is 0. The molecule has 6 heteroatoms. The molecule has 0 aromatic heterocycles. The van der Waals surface area contributed by atoms with Crippen LogP contribution in [0.1, 0.15) is 39.5 Å². The van der Waals surface area contributed by atoms with Crippen LogP contribution in [-0.4, -0.2) is 41.9 Å². The van der Waals surface area contributed by atoms with Gasteiger partial charge >= 0.3 is 5.97 Å². The second kappa shape index (κ2) is 6.85. The van der Waals surface area contributed by atoms with Gasteiger partial charge in [-0.2, -0.15) is 0 Å². The van der Waals surface area contributed by atoms with E-state index in [1.54, 1.807) is 12.0 Å². The molecular weight excluding hydrogens is 274 g/mol. The lowest BCUT2D eigenvalue weighted by Gasteiger charge is -2.23. The average molecular weight is 295 g/mol. The molecule has 2 aliphatic carbocycles. The molecule has 2 rings (SSSR count). The molecule has 0 N–H and O–H groups in total. The first-order valence-corrected chi connectivity index (χ1v) is 7.42. The monoisotopic (exact) mass is 295 g/mol. The molecule has 0 radical (unpaired) electrons. The molecule has 0 unspecified atom stereocenters. The van der Waals surface area contributed by atoms with Gasteiger partial charge in [0.1, 0.15) is 0 Å². The Morgan fingerprint density at radius 2 is 1.81 bits per heavy atom. The van der Waals surface area contributed by atoms with E-state index in [0.717, 1.165) is 12.8 Å². The highest BCUT2D eigenvalue weighted by molar-refractivity contribution is 6.23. The number of ketones is 2. The van der Waals surface area contributed by atoms with Gasteiger partial charge in [0, 0.05) is 19.0 Å². The Morgan fingerprint density at radius 1 is 1.19 bits per heavy atom. The fourth-order valence-electron chi connectivity index (χ4n) is 2.32. The van der Waals surface area contributed by atoms with Crippen LogP contribution in [0.2, 0.25) is 0 Å². The van der Waals surface area contributed by atoms with Crippen LogP contribution in [0.15, 0.2) is 11.8 Å². The fourth-order valence-corrected chi connectivity index (χ4v) is 2.32. The first kappa shape index (κ1) is 15.7. The second-order valence-electron chi connectivity index (χ2n) is 5.26. The van der Waals surface area contributed by atoms with Crippen LogP contribution in [-0.2, 0) is 24.0 Å². The number of nitrogens with zero attached hydrogens (tertiary/aromatic N) is 1. The molecule has 21 heavy (non-hydrogen) atoms. The van der Waals surface area contributed by atoms with Gasteiger partial charge in [0.25, 0.3) is 0 Å². The van der Waals surface area contributed by atoms with Crippen LogP contribution in [0.3, 0.4) is 0 Å². The molecular formula is C15H21NO5. The summed E-state index contributed by atoms with van der Waals surface area (Å²) >= 11 is 0. The summed E-state index contributed by atoms with van der Waals surface area (Å²) in [5, 5.41) is 1.61. The summed E-state index contributed by atoms with van der Waals surface area (Å²) in [5.41, 5.74) is 0.135. The summed E-state index contributed by atoms with van der Waals surface area (Å²) in [6, 6.07) is 0.251. The number of carbonyl (C=O) groups excluding carboxylic acids is 3. The Labute approximate surface area is 124 Å². The lowest BCUT2D eigenvalue weighted by molar-refractivity contribution is -0.152. The zero-order valence-electron chi connectivity index (χ0n) is 12.5. The van der Waals surface area contributed by atoms with E-state index >= 15 is 0 Å². The average Bonchev–Trinajstić information content (AvgIpc) is 3.26. The van der Waals surface area contributed by atoms with Crippen molar-refractivity contribution < 1.29 is 24.0 Å².